The minimum Gasteiger partial charge on any atom is -0.366 e. The van der Waals surface area contributed by atoms with Crippen molar-refractivity contribution in [2.75, 3.05) is 18.5 Å². The molecule has 1 amide bonds. The average molecular weight is 376 g/mol. The van der Waals surface area contributed by atoms with Crippen LogP contribution < -0.4 is 4.90 Å². The van der Waals surface area contributed by atoms with Gasteiger partial charge in [0.1, 0.15) is 5.82 Å². The van der Waals surface area contributed by atoms with Crippen molar-refractivity contribution in [3.8, 4) is 0 Å². The van der Waals surface area contributed by atoms with Gasteiger partial charge in [0.15, 0.2) is 0 Å². The zero-order valence-corrected chi connectivity index (χ0v) is 16.2. The fourth-order valence-corrected chi connectivity index (χ4v) is 2.66. The quantitative estimate of drug-likeness (QED) is 0.529. The number of hydrogen-bond donors (Lipinski definition) is 0. The molecular weight excluding hydrogens is 353 g/mol. The molecule has 0 radical (unpaired) electrons. The molecule has 2 aromatic rings. The highest BCUT2D eigenvalue weighted by Crippen LogP contribution is 2.34. The summed E-state index contributed by atoms with van der Waals surface area (Å²) in [5.74, 6) is -0.527. The third kappa shape index (κ3) is 4.82. The van der Waals surface area contributed by atoms with Crippen molar-refractivity contribution in [2.45, 2.75) is 27.3 Å². The maximum absolute atomic E-state index is 14.0. The molecule has 0 aromatic heterocycles. The Kier molecular flexibility index (Phi) is 6.75. The number of hydrogen-bond acceptors (Lipinski definition) is 2. The highest BCUT2D eigenvalue weighted by Gasteiger charge is 2.18. The predicted octanol–water partition coefficient (Wildman–Crippen LogP) is 4.95. The number of anilines is 1. The summed E-state index contributed by atoms with van der Waals surface area (Å²) in [5, 5.41) is 0.436. The average Bonchev–Trinajstić information content (AvgIpc) is 2.61. The van der Waals surface area contributed by atoms with Crippen LogP contribution in [0.2, 0.25) is 5.02 Å². The predicted molar refractivity (Wildman–Crippen MR) is 106 cm³/mol. The first-order valence-electron chi connectivity index (χ1n) is 8.39. The van der Waals surface area contributed by atoms with E-state index in [0.29, 0.717) is 22.0 Å². The Balaban J connectivity index is 2.38. The van der Waals surface area contributed by atoms with Crippen LogP contribution in [0.3, 0.4) is 0 Å². The summed E-state index contributed by atoms with van der Waals surface area (Å²) in [7, 11) is 1.92. The van der Waals surface area contributed by atoms with E-state index in [1.165, 1.54) is 17.9 Å². The second kappa shape index (κ2) is 8.81. The second-order valence-corrected chi connectivity index (χ2v) is 6.51. The first-order valence-corrected chi connectivity index (χ1v) is 8.77. The van der Waals surface area contributed by atoms with Crippen LogP contribution in [-0.4, -0.2) is 30.7 Å². The van der Waals surface area contributed by atoms with Crippen LogP contribution in [0.4, 0.5) is 15.8 Å². The highest BCUT2D eigenvalue weighted by molar-refractivity contribution is 6.33. The summed E-state index contributed by atoms with van der Waals surface area (Å²) in [4.78, 5) is 20.0. The number of rotatable bonds is 6. The van der Waals surface area contributed by atoms with Gasteiger partial charge in [0, 0.05) is 31.8 Å². The molecule has 0 N–H and O–H groups in total. The maximum atomic E-state index is 14.0. The molecule has 26 heavy (non-hydrogen) atoms. The summed E-state index contributed by atoms with van der Waals surface area (Å²) in [6, 6.07) is 9.96. The molecule has 4 nitrogen and oxygen atoms in total. The molecule has 0 aliphatic heterocycles. The van der Waals surface area contributed by atoms with Gasteiger partial charge in [-0.25, -0.2) is 9.38 Å². The molecule has 0 saturated carbocycles. The van der Waals surface area contributed by atoms with Gasteiger partial charge >= 0.3 is 0 Å². The Morgan fingerprint density at radius 1 is 1.31 bits per heavy atom. The van der Waals surface area contributed by atoms with Gasteiger partial charge in [-0.1, -0.05) is 29.8 Å². The monoisotopic (exact) mass is 375 g/mol. The Hall–Kier alpha value is -2.40. The molecule has 0 aliphatic rings. The van der Waals surface area contributed by atoms with Crippen LogP contribution in [0.15, 0.2) is 41.4 Å². The second-order valence-electron chi connectivity index (χ2n) is 6.10. The van der Waals surface area contributed by atoms with Gasteiger partial charge in [0.25, 0.3) is 0 Å². The molecule has 0 unspecified atom stereocenters. The van der Waals surface area contributed by atoms with E-state index in [-0.39, 0.29) is 18.3 Å². The molecule has 0 atom stereocenters. The molecular formula is C20H23ClFN3O. The summed E-state index contributed by atoms with van der Waals surface area (Å²) in [6.45, 7) is 6.33. The zero-order valence-electron chi connectivity index (χ0n) is 15.5. The minimum absolute atomic E-state index is 0.139. The fourth-order valence-electron chi connectivity index (χ4n) is 2.45. The molecule has 2 aromatic carbocycles. The molecule has 138 valence electrons. The van der Waals surface area contributed by atoms with Gasteiger partial charge in [-0.15, -0.1) is 0 Å². The third-order valence-corrected chi connectivity index (χ3v) is 4.42. The molecule has 0 heterocycles. The van der Waals surface area contributed by atoms with Crippen molar-refractivity contribution in [2.24, 2.45) is 4.99 Å². The highest BCUT2D eigenvalue weighted by atomic mass is 35.5. The zero-order chi connectivity index (χ0) is 19.3. The van der Waals surface area contributed by atoms with Crippen LogP contribution in [0.25, 0.3) is 0 Å². The van der Waals surface area contributed by atoms with E-state index in [1.807, 2.05) is 31.9 Å². The summed E-state index contributed by atoms with van der Waals surface area (Å²) < 4.78 is 14.0. The lowest BCUT2D eigenvalue weighted by Gasteiger charge is -2.24. The van der Waals surface area contributed by atoms with E-state index in [0.717, 1.165) is 12.1 Å². The first-order chi connectivity index (χ1) is 12.3. The maximum Gasteiger partial charge on any atom is 0.224 e. The Bertz CT molecular complexity index is 823. The topological polar surface area (TPSA) is 35.9 Å². The van der Waals surface area contributed by atoms with E-state index < -0.39 is 0 Å². The molecule has 2 rings (SSSR count). The van der Waals surface area contributed by atoms with Crippen molar-refractivity contribution in [1.82, 2.24) is 4.90 Å². The summed E-state index contributed by atoms with van der Waals surface area (Å²) >= 11 is 6.37. The van der Waals surface area contributed by atoms with Crippen LogP contribution in [-0.2, 0) is 11.3 Å². The number of nitrogens with zero attached hydrogens (tertiary/aromatic N) is 3. The number of carbonyl (C=O) groups is 1. The van der Waals surface area contributed by atoms with E-state index >= 15 is 0 Å². The fraction of sp³-hybridized carbons (Fsp3) is 0.300. The third-order valence-electron chi connectivity index (χ3n) is 4.12. The van der Waals surface area contributed by atoms with E-state index in [9.17, 15) is 9.18 Å². The molecule has 0 spiro atoms. The van der Waals surface area contributed by atoms with Crippen molar-refractivity contribution in [3.63, 3.8) is 0 Å². The number of aryl methyl sites for hydroxylation is 1. The lowest BCUT2D eigenvalue weighted by molar-refractivity contribution is -0.116. The SMILES string of the molecule is CCN(C)C=Nc1cc(C)c(N(Cc2ccccc2F)C(C)=O)cc1Cl. The smallest absolute Gasteiger partial charge is 0.224 e. The van der Waals surface area contributed by atoms with Crippen LogP contribution in [0.1, 0.15) is 25.0 Å². The van der Waals surface area contributed by atoms with Crippen molar-refractivity contribution >= 4 is 35.2 Å². The van der Waals surface area contributed by atoms with Gasteiger partial charge in [0.2, 0.25) is 5.91 Å². The number of amides is 1. The van der Waals surface area contributed by atoms with Gasteiger partial charge in [-0.2, -0.15) is 0 Å². The van der Waals surface area contributed by atoms with Crippen molar-refractivity contribution in [1.29, 1.82) is 0 Å². The number of aliphatic imine (C=N–C) groups is 1. The van der Waals surface area contributed by atoms with Crippen LogP contribution >= 0.6 is 11.6 Å². The molecule has 6 heteroatoms. The first kappa shape index (κ1) is 19.9. The van der Waals surface area contributed by atoms with E-state index in [2.05, 4.69) is 4.99 Å². The standard InChI is InChI=1S/C20H23ClFN3O/c1-5-24(4)13-23-19-10-14(2)20(11-17(19)21)25(15(3)26)12-16-8-6-7-9-18(16)22/h6-11,13H,5,12H2,1-4H3. The van der Waals surface area contributed by atoms with E-state index in [1.54, 1.807) is 30.6 Å². The Morgan fingerprint density at radius 3 is 2.62 bits per heavy atom. The lowest BCUT2D eigenvalue weighted by atomic mass is 10.1. The Labute approximate surface area is 158 Å². The van der Waals surface area contributed by atoms with Gasteiger partial charge in [-0.05, 0) is 37.6 Å². The van der Waals surface area contributed by atoms with Crippen molar-refractivity contribution in [3.05, 3.63) is 58.4 Å². The lowest BCUT2D eigenvalue weighted by Crippen LogP contribution is -2.29. The van der Waals surface area contributed by atoms with Crippen LogP contribution in [0.5, 0.6) is 0 Å². The summed E-state index contributed by atoms with van der Waals surface area (Å²) in [6.07, 6.45) is 1.71. The largest absolute Gasteiger partial charge is 0.366 e. The van der Waals surface area contributed by atoms with Gasteiger partial charge in [0.05, 0.1) is 23.6 Å². The number of carbonyl (C=O) groups excluding carboxylic acids is 1. The summed E-state index contributed by atoms with van der Waals surface area (Å²) in [5.41, 5.74) is 2.56. The number of benzene rings is 2. The molecule has 0 saturated heterocycles. The molecule has 0 bridgehead atoms. The Morgan fingerprint density at radius 2 is 2.00 bits per heavy atom. The molecule has 0 fully saturated rings. The normalized spacial score (nSPS) is 11.0. The van der Waals surface area contributed by atoms with Gasteiger partial charge in [-0.3, -0.25) is 4.79 Å². The molecule has 0 aliphatic carbocycles. The van der Waals surface area contributed by atoms with E-state index in [4.69, 9.17) is 11.6 Å². The van der Waals surface area contributed by atoms with Crippen LogP contribution in [0, 0.1) is 12.7 Å². The minimum atomic E-state index is -0.341. The number of halogens is 2. The van der Waals surface area contributed by atoms with Gasteiger partial charge < -0.3 is 9.80 Å². The van der Waals surface area contributed by atoms with Crippen molar-refractivity contribution < 1.29 is 9.18 Å².